The highest BCUT2D eigenvalue weighted by Gasteiger charge is 2.23. The summed E-state index contributed by atoms with van der Waals surface area (Å²) in [4.78, 5) is 16.2. The van der Waals surface area contributed by atoms with Gasteiger partial charge in [0.05, 0.1) is 5.71 Å². The number of fused-ring (bicyclic) bond motifs is 1. The van der Waals surface area contributed by atoms with Gasteiger partial charge in [-0.05, 0) is 12.5 Å². The highest BCUT2D eigenvalue weighted by molar-refractivity contribution is 7.80. The number of rotatable bonds is 4. The first-order valence-electron chi connectivity index (χ1n) is 7.40. The summed E-state index contributed by atoms with van der Waals surface area (Å²) in [5, 5.41) is 12.2. The van der Waals surface area contributed by atoms with Crippen LogP contribution in [0.5, 0.6) is 0 Å². The van der Waals surface area contributed by atoms with E-state index < -0.39 is 5.97 Å². The molecule has 0 fully saturated rings. The summed E-state index contributed by atoms with van der Waals surface area (Å²) in [6, 6.07) is 17.4. The summed E-state index contributed by atoms with van der Waals surface area (Å²) in [7, 11) is 0. The van der Waals surface area contributed by atoms with E-state index in [1.165, 1.54) is 0 Å². The Morgan fingerprint density at radius 3 is 2.57 bits per heavy atom. The van der Waals surface area contributed by atoms with Crippen LogP contribution in [0.25, 0.3) is 0 Å². The summed E-state index contributed by atoms with van der Waals surface area (Å²) >= 11 is 5.43. The van der Waals surface area contributed by atoms with Gasteiger partial charge in [0.25, 0.3) is 0 Å². The summed E-state index contributed by atoms with van der Waals surface area (Å²) in [6.45, 7) is 0. The Balaban J connectivity index is 2.07. The second-order valence-corrected chi connectivity index (χ2v) is 5.77. The molecule has 2 aromatic carbocycles. The van der Waals surface area contributed by atoms with Crippen LogP contribution in [0.1, 0.15) is 24.0 Å². The first-order chi connectivity index (χ1) is 11.1. The lowest BCUT2D eigenvalue weighted by Crippen LogP contribution is -2.24. The second-order valence-electron chi connectivity index (χ2n) is 5.33. The third-order valence-corrected chi connectivity index (χ3v) is 4.08. The Hall–Kier alpha value is -2.53. The van der Waals surface area contributed by atoms with E-state index in [4.69, 9.17) is 22.3 Å². The zero-order valence-corrected chi connectivity index (χ0v) is 13.2. The molecule has 2 N–H and O–H groups in total. The fourth-order valence-corrected chi connectivity index (χ4v) is 2.86. The van der Waals surface area contributed by atoms with Crippen molar-refractivity contribution in [2.45, 2.75) is 18.9 Å². The van der Waals surface area contributed by atoms with E-state index in [1.807, 2.05) is 54.6 Å². The average Bonchev–Trinajstić information content (AvgIpc) is 2.70. The van der Waals surface area contributed by atoms with Crippen LogP contribution >= 0.6 is 12.2 Å². The van der Waals surface area contributed by atoms with Crippen LogP contribution in [-0.2, 0) is 4.79 Å². The number of carboxylic acid groups (broad SMARTS) is 1. The molecule has 0 amide bonds. The fourth-order valence-electron chi connectivity index (χ4n) is 2.58. The monoisotopic (exact) mass is 324 g/mol. The Morgan fingerprint density at radius 2 is 1.83 bits per heavy atom. The number of carbonyl (C=O) groups is 1. The SMILES string of the molecule is O=C(O)CCC1N=C(c2ccccc2)c2ccccc2NC1=S. The van der Waals surface area contributed by atoms with E-state index in [9.17, 15) is 4.79 Å². The number of benzene rings is 2. The minimum absolute atomic E-state index is 0.0361. The molecule has 0 aromatic heterocycles. The van der Waals surface area contributed by atoms with Gasteiger partial charge in [-0.2, -0.15) is 0 Å². The number of carboxylic acids is 1. The van der Waals surface area contributed by atoms with Crippen LogP contribution in [0.4, 0.5) is 5.69 Å². The van der Waals surface area contributed by atoms with Gasteiger partial charge in [0.15, 0.2) is 0 Å². The molecule has 23 heavy (non-hydrogen) atoms. The molecular weight excluding hydrogens is 308 g/mol. The lowest BCUT2D eigenvalue weighted by Gasteiger charge is -2.12. The van der Waals surface area contributed by atoms with Gasteiger partial charge in [0, 0.05) is 23.2 Å². The van der Waals surface area contributed by atoms with Crippen molar-refractivity contribution in [3.8, 4) is 0 Å². The second kappa shape index (κ2) is 6.71. The lowest BCUT2D eigenvalue weighted by molar-refractivity contribution is -0.137. The minimum atomic E-state index is -0.842. The predicted octanol–water partition coefficient (Wildman–Crippen LogP) is 3.51. The Kier molecular flexibility index (Phi) is 4.48. The molecule has 4 nitrogen and oxygen atoms in total. The van der Waals surface area contributed by atoms with Gasteiger partial charge >= 0.3 is 5.97 Å². The zero-order valence-electron chi connectivity index (χ0n) is 12.4. The van der Waals surface area contributed by atoms with Gasteiger partial charge in [0.1, 0.15) is 11.0 Å². The van der Waals surface area contributed by atoms with Crippen LogP contribution < -0.4 is 5.32 Å². The molecule has 1 unspecified atom stereocenters. The van der Waals surface area contributed by atoms with Gasteiger partial charge in [0.2, 0.25) is 0 Å². The van der Waals surface area contributed by atoms with Crippen molar-refractivity contribution < 1.29 is 9.90 Å². The van der Waals surface area contributed by atoms with Crippen LogP contribution in [0.15, 0.2) is 59.6 Å². The lowest BCUT2D eigenvalue weighted by atomic mass is 10.0. The molecule has 0 bridgehead atoms. The Morgan fingerprint density at radius 1 is 1.13 bits per heavy atom. The summed E-state index contributed by atoms with van der Waals surface area (Å²) < 4.78 is 0. The number of thiocarbonyl (C=S) groups is 1. The van der Waals surface area contributed by atoms with Crippen molar-refractivity contribution in [2.75, 3.05) is 5.32 Å². The van der Waals surface area contributed by atoms with E-state index in [0.717, 1.165) is 22.5 Å². The number of nitrogens with zero attached hydrogens (tertiary/aromatic N) is 1. The highest BCUT2D eigenvalue weighted by Crippen LogP contribution is 2.25. The third-order valence-electron chi connectivity index (χ3n) is 3.71. The topological polar surface area (TPSA) is 61.7 Å². The van der Waals surface area contributed by atoms with Crippen molar-refractivity contribution in [1.82, 2.24) is 0 Å². The first-order valence-corrected chi connectivity index (χ1v) is 7.81. The zero-order chi connectivity index (χ0) is 16.2. The molecule has 1 heterocycles. The van der Waals surface area contributed by atoms with Crippen LogP contribution in [0.3, 0.4) is 0 Å². The molecule has 0 aliphatic carbocycles. The van der Waals surface area contributed by atoms with Crippen LogP contribution in [0, 0.1) is 0 Å². The van der Waals surface area contributed by atoms with E-state index in [1.54, 1.807) is 0 Å². The quantitative estimate of drug-likeness (QED) is 0.845. The van der Waals surface area contributed by atoms with Gasteiger partial charge in [-0.15, -0.1) is 0 Å². The van der Waals surface area contributed by atoms with Crippen LogP contribution in [0.2, 0.25) is 0 Å². The molecule has 0 spiro atoms. The number of aliphatic imine (C=N–C) groups is 1. The van der Waals surface area contributed by atoms with E-state index in [2.05, 4.69) is 5.32 Å². The number of nitrogens with one attached hydrogen (secondary N) is 1. The molecule has 1 atom stereocenters. The van der Waals surface area contributed by atoms with Gasteiger partial charge in [-0.3, -0.25) is 9.79 Å². The van der Waals surface area contributed by atoms with Crippen molar-refractivity contribution in [1.29, 1.82) is 0 Å². The summed E-state index contributed by atoms with van der Waals surface area (Å²) in [6.07, 6.45) is 0.417. The molecule has 0 saturated heterocycles. The molecule has 5 heteroatoms. The predicted molar refractivity (Wildman–Crippen MR) is 95.4 cm³/mol. The minimum Gasteiger partial charge on any atom is -0.481 e. The first kappa shape index (κ1) is 15.4. The normalized spacial score (nSPS) is 16.8. The average molecular weight is 324 g/mol. The molecule has 2 aromatic rings. The smallest absolute Gasteiger partial charge is 0.303 e. The number of hydrogen-bond acceptors (Lipinski definition) is 3. The molecule has 116 valence electrons. The van der Waals surface area contributed by atoms with Crippen molar-refractivity contribution in [3.63, 3.8) is 0 Å². The fraction of sp³-hybridized carbons (Fsp3) is 0.167. The third kappa shape index (κ3) is 3.46. The van der Waals surface area contributed by atoms with E-state index >= 15 is 0 Å². The van der Waals surface area contributed by atoms with Gasteiger partial charge in [-0.25, -0.2) is 0 Å². The summed E-state index contributed by atoms with van der Waals surface area (Å²) in [5.74, 6) is -0.842. The largest absolute Gasteiger partial charge is 0.481 e. The number of para-hydroxylation sites is 1. The number of anilines is 1. The van der Waals surface area contributed by atoms with Crippen molar-refractivity contribution in [3.05, 3.63) is 65.7 Å². The van der Waals surface area contributed by atoms with E-state index in [0.29, 0.717) is 11.4 Å². The van der Waals surface area contributed by atoms with Gasteiger partial charge in [-0.1, -0.05) is 60.7 Å². The van der Waals surface area contributed by atoms with Crippen LogP contribution in [-0.4, -0.2) is 27.8 Å². The Bertz CT molecular complexity index is 772. The van der Waals surface area contributed by atoms with Gasteiger partial charge < -0.3 is 10.4 Å². The van der Waals surface area contributed by atoms with Crippen molar-refractivity contribution in [2.24, 2.45) is 4.99 Å². The molecule has 1 aliphatic heterocycles. The number of hydrogen-bond donors (Lipinski definition) is 2. The van der Waals surface area contributed by atoms with Crippen molar-refractivity contribution >= 4 is 34.6 Å². The maximum absolute atomic E-state index is 10.9. The standard InChI is InChI=1S/C18H16N2O2S/c21-16(22)11-10-15-18(23)20-14-9-5-4-8-13(14)17(19-15)12-6-2-1-3-7-12/h1-9,15H,10-11H2,(H,20,23)(H,21,22). The molecule has 3 rings (SSSR count). The maximum Gasteiger partial charge on any atom is 0.303 e. The summed E-state index contributed by atoms with van der Waals surface area (Å²) in [5.41, 5.74) is 3.70. The highest BCUT2D eigenvalue weighted by atomic mass is 32.1. The Labute approximate surface area is 139 Å². The maximum atomic E-state index is 10.9. The van der Waals surface area contributed by atoms with E-state index in [-0.39, 0.29) is 12.5 Å². The number of aliphatic carboxylic acids is 1. The molecule has 1 aliphatic rings. The number of benzodiazepines with no additional fused rings is 1. The molecule has 0 saturated carbocycles. The molecule has 0 radical (unpaired) electrons. The molecular formula is C18H16N2O2S.